The smallest absolute Gasteiger partial charge is 0.321 e. The zero-order valence-electron chi connectivity index (χ0n) is 14.7. The van der Waals surface area contributed by atoms with Crippen molar-refractivity contribution in [2.24, 2.45) is 5.92 Å². The Kier molecular flexibility index (Phi) is 5.92. The molecule has 27 heavy (non-hydrogen) atoms. The third kappa shape index (κ3) is 4.98. The molecule has 1 saturated carbocycles. The largest absolute Gasteiger partial charge is 0.421 e. The summed E-state index contributed by atoms with van der Waals surface area (Å²) in [5, 5.41) is 2.50. The monoisotopic (exact) mass is 374 g/mol. The first-order valence-corrected chi connectivity index (χ1v) is 8.49. The lowest BCUT2D eigenvalue weighted by Gasteiger charge is -2.23. The molecular weight excluding hydrogens is 355 g/mol. The molecule has 0 saturated heterocycles. The minimum atomic E-state index is -0.669. The van der Waals surface area contributed by atoms with Gasteiger partial charge in [0.1, 0.15) is 0 Å². The van der Waals surface area contributed by atoms with Crippen molar-refractivity contribution in [1.29, 1.82) is 0 Å². The molecule has 9 heteroatoms. The van der Waals surface area contributed by atoms with Gasteiger partial charge in [-0.25, -0.2) is 19.8 Å². The van der Waals surface area contributed by atoms with Gasteiger partial charge >= 0.3 is 6.01 Å². The summed E-state index contributed by atoms with van der Waals surface area (Å²) < 4.78 is 19.7. The van der Waals surface area contributed by atoms with Crippen LogP contribution in [0.3, 0.4) is 0 Å². The zero-order chi connectivity index (χ0) is 19.2. The zero-order valence-corrected chi connectivity index (χ0v) is 14.7. The van der Waals surface area contributed by atoms with Crippen LogP contribution in [0, 0.1) is 18.7 Å². The highest BCUT2D eigenvalue weighted by Gasteiger charge is 2.25. The molecule has 1 aliphatic rings. The number of benzene rings is 1. The molecule has 0 aliphatic heterocycles. The third-order valence-corrected chi connectivity index (χ3v) is 4.10. The molecule has 0 bridgehead atoms. The molecule has 0 spiro atoms. The van der Waals surface area contributed by atoms with Crippen molar-refractivity contribution in [3.05, 3.63) is 42.0 Å². The van der Waals surface area contributed by atoms with Crippen LogP contribution in [0.25, 0.3) is 0 Å². The second kappa shape index (κ2) is 8.54. The highest BCUT2D eigenvalue weighted by molar-refractivity contribution is 5.92. The van der Waals surface area contributed by atoms with Gasteiger partial charge in [-0.2, -0.15) is 0 Å². The normalized spacial score (nSPS) is 13.6. The fraction of sp³-hybridized carbons (Fsp3) is 0.333. The minimum absolute atomic E-state index is 0.0203. The summed E-state index contributed by atoms with van der Waals surface area (Å²) in [6, 6.07) is 4.31. The molecule has 2 aromatic rings. The number of carbonyl (C=O) groups is 2. The summed E-state index contributed by atoms with van der Waals surface area (Å²) in [4.78, 5) is 36.1. The van der Waals surface area contributed by atoms with Crippen molar-refractivity contribution < 1.29 is 23.6 Å². The standard InChI is InChI=1S/C18H19FN4O4/c1-11-8-13(9-14(19)16(11)27-18-20-6-3-7-21-18)22-15(24)10-26-23-17(25)12-4-2-5-12/h3,6-9,12H,2,4-5,10H2,1H3,(H,22,24)(H,23,25). The maximum absolute atomic E-state index is 14.3. The number of ether oxygens (including phenoxy) is 1. The summed E-state index contributed by atoms with van der Waals surface area (Å²) in [6.07, 6.45) is 5.66. The van der Waals surface area contributed by atoms with E-state index >= 15 is 0 Å². The van der Waals surface area contributed by atoms with Crippen LogP contribution in [0.4, 0.5) is 10.1 Å². The second-order valence-electron chi connectivity index (χ2n) is 6.17. The van der Waals surface area contributed by atoms with Crippen LogP contribution in [-0.2, 0) is 14.4 Å². The first-order chi connectivity index (χ1) is 13.0. The molecule has 3 rings (SSSR count). The molecule has 142 valence electrons. The topological polar surface area (TPSA) is 102 Å². The molecule has 2 amide bonds. The number of amides is 2. The van der Waals surface area contributed by atoms with E-state index in [4.69, 9.17) is 9.57 Å². The molecule has 1 heterocycles. The Morgan fingerprint density at radius 1 is 1.26 bits per heavy atom. The van der Waals surface area contributed by atoms with E-state index in [1.807, 2.05) is 0 Å². The lowest BCUT2D eigenvalue weighted by Crippen LogP contribution is -2.36. The number of nitrogens with zero attached hydrogens (tertiary/aromatic N) is 2. The molecule has 8 nitrogen and oxygen atoms in total. The number of aromatic nitrogens is 2. The second-order valence-corrected chi connectivity index (χ2v) is 6.17. The Hall–Kier alpha value is -3.07. The van der Waals surface area contributed by atoms with E-state index in [0.717, 1.165) is 25.3 Å². The van der Waals surface area contributed by atoms with Gasteiger partial charge in [-0.1, -0.05) is 6.42 Å². The molecule has 0 radical (unpaired) electrons. The van der Waals surface area contributed by atoms with Crippen molar-refractivity contribution in [1.82, 2.24) is 15.4 Å². The van der Waals surface area contributed by atoms with Gasteiger partial charge in [0.2, 0.25) is 5.91 Å². The van der Waals surface area contributed by atoms with Gasteiger partial charge in [-0.05, 0) is 37.5 Å². The molecule has 0 atom stereocenters. The molecule has 1 aromatic carbocycles. The summed E-state index contributed by atoms with van der Waals surface area (Å²) >= 11 is 0. The summed E-state index contributed by atoms with van der Waals surface area (Å²) in [6.45, 7) is 1.25. The highest BCUT2D eigenvalue weighted by Crippen LogP contribution is 2.29. The van der Waals surface area contributed by atoms with Crippen LogP contribution in [0.5, 0.6) is 11.8 Å². The molecule has 0 unspecified atom stereocenters. The van der Waals surface area contributed by atoms with Gasteiger partial charge in [0, 0.05) is 30.1 Å². The van der Waals surface area contributed by atoms with Crippen LogP contribution < -0.4 is 15.5 Å². The molecule has 1 aromatic heterocycles. The first-order valence-electron chi connectivity index (χ1n) is 8.49. The maximum atomic E-state index is 14.3. The number of hydroxylamine groups is 1. The van der Waals surface area contributed by atoms with E-state index in [0.29, 0.717) is 5.56 Å². The Morgan fingerprint density at radius 3 is 2.63 bits per heavy atom. The number of carbonyl (C=O) groups excluding carboxylic acids is 2. The Balaban J connectivity index is 1.53. The van der Waals surface area contributed by atoms with Gasteiger partial charge in [0.25, 0.3) is 5.91 Å². The van der Waals surface area contributed by atoms with Crippen LogP contribution in [0.2, 0.25) is 0 Å². The summed E-state index contributed by atoms with van der Waals surface area (Å²) in [5.74, 6) is -1.48. The maximum Gasteiger partial charge on any atom is 0.321 e. The Morgan fingerprint density at radius 2 is 2.00 bits per heavy atom. The predicted molar refractivity (Wildman–Crippen MR) is 93.3 cm³/mol. The Labute approximate surface area is 155 Å². The van der Waals surface area contributed by atoms with E-state index < -0.39 is 11.7 Å². The lowest BCUT2D eigenvalue weighted by molar-refractivity contribution is -0.142. The van der Waals surface area contributed by atoms with Crippen molar-refractivity contribution in [3.63, 3.8) is 0 Å². The lowest BCUT2D eigenvalue weighted by atomic mass is 9.85. The van der Waals surface area contributed by atoms with Crippen molar-refractivity contribution >= 4 is 17.5 Å². The van der Waals surface area contributed by atoms with Crippen molar-refractivity contribution in [3.8, 4) is 11.8 Å². The van der Waals surface area contributed by atoms with Gasteiger partial charge < -0.3 is 10.1 Å². The minimum Gasteiger partial charge on any atom is -0.421 e. The van der Waals surface area contributed by atoms with Crippen LogP contribution in [-0.4, -0.2) is 28.4 Å². The number of halogens is 1. The number of hydrogen-bond donors (Lipinski definition) is 2. The third-order valence-electron chi connectivity index (χ3n) is 4.10. The number of nitrogens with one attached hydrogen (secondary N) is 2. The number of rotatable bonds is 7. The number of aryl methyl sites for hydroxylation is 1. The van der Waals surface area contributed by atoms with Gasteiger partial charge in [0.05, 0.1) is 0 Å². The fourth-order valence-corrected chi connectivity index (χ4v) is 2.49. The van der Waals surface area contributed by atoms with Crippen LogP contribution in [0.1, 0.15) is 24.8 Å². The van der Waals surface area contributed by atoms with Crippen LogP contribution >= 0.6 is 0 Å². The molecular formula is C18H19FN4O4. The predicted octanol–water partition coefficient (Wildman–Crippen LogP) is 2.50. The number of anilines is 1. The average Bonchev–Trinajstić information content (AvgIpc) is 2.57. The van der Waals surface area contributed by atoms with E-state index in [2.05, 4.69) is 20.8 Å². The van der Waals surface area contributed by atoms with Crippen molar-refractivity contribution in [2.75, 3.05) is 11.9 Å². The number of hydrogen-bond acceptors (Lipinski definition) is 6. The SMILES string of the molecule is Cc1cc(NC(=O)CONC(=O)C2CCC2)cc(F)c1Oc1ncccn1. The molecule has 2 N–H and O–H groups in total. The van der Waals surface area contributed by atoms with E-state index in [-0.39, 0.29) is 35.9 Å². The Bertz CT molecular complexity index is 804. The first kappa shape index (κ1) is 18.7. The van der Waals surface area contributed by atoms with E-state index in [1.165, 1.54) is 12.4 Å². The van der Waals surface area contributed by atoms with E-state index in [1.54, 1.807) is 19.1 Å². The summed E-state index contributed by atoms with van der Waals surface area (Å²) in [7, 11) is 0. The van der Waals surface area contributed by atoms with Gasteiger partial charge in [0.15, 0.2) is 18.2 Å². The van der Waals surface area contributed by atoms with Crippen LogP contribution in [0.15, 0.2) is 30.6 Å². The average molecular weight is 374 g/mol. The van der Waals surface area contributed by atoms with Crippen molar-refractivity contribution in [2.45, 2.75) is 26.2 Å². The van der Waals surface area contributed by atoms with Gasteiger partial charge in [-0.15, -0.1) is 0 Å². The highest BCUT2D eigenvalue weighted by atomic mass is 19.1. The van der Waals surface area contributed by atoms with E-state index in [9.17, 15) is 14.0 Å². The fourth-order valence-electron chi connectivity index (χ4n) is 2.49. The molecule has 1 fully saturated rings. The quantitative estimate of drug-likeness (QED) is 0.722. The summed E-state index contributed by atoms with van der Waals surface area (Å²) in [5.41, 5.74) is 2.95. The van der Waals surface area contributed by atoms with Gasteiger partial charge in [-0.3, -0.25) is 14.4 Å². The molecule has 1 aliphatic carbocycles.